The smallest absolute Gasteiger partial charge is 0.351 e. The molecule has 0 aliphatic rings. The van der Waals surface area contributed by atoms with Crippen molar-refractivity contribution in [3.63, 3.8) is 0 Å². The van der Waals surface area contributed by atoms with E-state index >= 15 is 0 Å². The van der Waals surface area contributed by atoms with Crippen molar-refractivity contribution in [3.8, 4) is 0 Å². The zero-order valence-corrected chi connectivity index (χ0v) is 16.1. The Labute approximate surface area is 155 Å². The van der Waals surface area contributed by atoms with Crippen LogP contribution in [0.3, 0.4) is 0 Å². The highest BCUT2D eigenvalue weighted by atomic mass is 79.9. The average Bonchev–Trinajstić information content (AvgIpc) is 2.94. The van der Waals surface area contributed by atoms with Crippen molar-refractivity contribution in [2.24, 2.45) is 7.05 Å². The number of alkyl halides is 3. The SMILES string of the molecule is Cc1nn(CCCNC(=O)c2c(Br)c(C(F)(F)F)nn2C)c(C)c1Cl. The molecule has 2 rings (SSSR count). The minimum absolute atomic E-state index is 0.179. The molecule has 1 amide bonds. The van der Waals surface area contributed by atoms with Gasteiger partial charge in [0.2, 0.25) is 0 Å². The molecule has 0 spiro atoms. The van der Waals surface area contributed by atoms with Gasteiger partial charge in [0.1, 0.15) is 5.69 Å². The lowest BCUT2D eigenvalue weighted by molar-refractivity contribution is -0.142. The molecule has 0 aliphatic heterocycles. The zero-order chi connectivity index (χ0) is 18.9. The quantitative estimate of drug-likeness (QED) is 0.721. The fraction of sp³-hybridized carbons (Fsp3) is 0.500. The molecule has 138 valence electrons. The third-order valence-electron chi connectivity index (χ3n) is 3.60. The van der Waals surface area contributed by atoms with Gasteiger partial charge in [-0.1, -0.05) is 11.6 Å². The van der Waals surface area contributed by atoms with Gasteiger partial charge in [0, 0.05) is 20.1 Å². The Kier molecular flexibility index (Phi) is 5.82. The summed E-state index contributed by atoms with van der Waals surface area (Å²) in [7, 11) is 1.28. The molecular weight excluding hydrogens is 427 g/mol. The van der Waals surface area contributed by atoms with Crippen LogP contribution in [0, 0.1) is 13.8 Å². The molecule has 0 radical (unpaired) electrons. The standard InChI is InChI=1S/C14H16BrClF3N5O/c1-7-10(16)8(2)24(21-7)6-4-5-20-13(25)11-9(15)12(14(17,18)19)22-23(11)3/h4-6H2,1-3H3,(H,20,25). The number of nitrogens with one attached hydrogen (secondary N) is 1. The first-order valence-electron chi connectivity index (χ1n) is 7.31. The van der Waals surface area contributed by atoms with Gasteiger partial charge in [-0.3, -0.25) is 14.2 Å². The van der Waals surface area contributed by atoms with Crippen LogP contribution < -0.4 is 5.32 Å². The molecule has 1 N–H and O–H groups in total. The van der Waals surface area contributed by atoms with E-state index in [9.17, 15) is 18.0 Å². The highest BCUT2D eigenvalue weighted by molar-refractivity contribution is 9.10. The maximum Gasteiger partial charge on any atom is 0.436 e. The van der Waals surface area contributed by atoms with Crippen LogP contribution in [0.5, 0.6) is 0 Å². The Morgan fingerprint density at radius 1 is 1.32 bits per heavy atom. The number of aryl methyl sites for hydroxylation is 3. The third-order valence-corrected chi connectivity index (χ3v) is 4.90. The summed E-state index contributed by atoms with van der Waals surface area (Å²) in [4.78, 5) is 12.2. The second kappa shape index (κ2) is 7.36. The van der Waals surface area contributed by atoms with Crippen LogP contribution in [0.2, 0.25) is 5.02 Å². The highest BCUT2D eigenvalue weighted by Crippen LogP contribution is 2.35. The lowest BCUT2D eigenvalue weighted by atomic mass is 10.3. The molecule has 2 aromatic rings. The predicted octanol–water partition coefficient (Wildman–Crippen LogP) is 3.49. The van der Waals surface area contributed by atoms with Crippen LogP contribution in [-0.2, 0) is 19.8 Å². The number of carbonyl (C=O) groups is 1. The summed E-state index contributed by atoms with van der Waals surface area (Å²) in [5, 5.41) is 10.8. The lowest BCUT2D eigenvalue weighted by Crippen LogP contribution is -2.27. The Morgan fingerprint density at radius 2 is 1.96 bits per heavy atom. The second-order valence-electron chi connectivity index (χ2n) is 5.45. The number of halogens is 5. The molecule has 0 aliphatic carbocycles. The third kappa shape index (κ3) is 4.17. The summed E-state index contributed by atoms with van der Waals surface area (Å²) in [5.74, 6) is -0.635. The van der Waals surface area contributed by atoms with E-state index in [-0.39, 0.29) is 16.7 Å². The number of amides is 1. The van der Waals surface area contributed by atoms with Crippen molar-refractivity contribution in [2.75, 3.05) is 6.54 Å². The number of carbonyl (C=O) groups excluding carboxylic acids is 1. The normalized spacial score (nSPS) is 11.8. The molecular formula is C14H16BrClF3N5O. The molecule has 11 heteroatoms. The number of rotatable bonds is 5. The van der Waals surface area contributed by atoms with Crippen LogP contribution in [0.25, 0.3) is 0 Å². The second-order valence-corrected chi connectivity index (χ2v) is 6.62. The van der Waals surface area contributed by atoms with Crippen LogP contribution in [0.1, 0.15) is 34.0 Å². The minimum atomic E-state index is -4.64. The Hall–Kier alpha value is -1.55. The van der Waals surface area contributed by atoms with E-state index < -0.39 is 17.8 Å². The van der Waals surface area contributed by atoms with E-state index in [1.807, 2.05) is 6.92 Å². The maximum absolute atomic E-state index is 12.8. The number of aromatic nitrogens is 4. The van der Waals surface area contributed by atoms with E-state index in [0.29, 0.717) is 18.0 Å². The monoisotopic (exact) mass is 441 g/mol. The molecule has 0 saturated carbocycles. The van der Waals surface area contributed by atoms with Gasteiger partial charge in [-0.25, -0.2) is 0 Å². The topological polar surface area (TPSA) is 64.7 Å². The van der Waals surface area contributed by atoms with Crippen molar-refractivity contribution in [3.05, 3.63) is 32.3 Å². The molecule has 0 unspecified atom stereocenters. The van der Waals surface area contributed by atoms with Crippen LogP contribution in [-0.4, -0.2) is 32.0 Å². The Morgan fingerprint density at radius 3 is 2.44 bits per heavy atom. The summed E-state index contributed by atoms with van der Waals surface area (Å²) in [6.07, 6.45) is -4.09. The molecule has 0 bridgehead atoms. The Balaban J connectivity index is 1.97. The predicted molar refractivity (Wildman–Crippen MR) is 89.6 cm³/mol. The van der Waals surface area contributed by atoms with Gasteiger partial charge in [0.15, 0.2) is 5.69 Å². The van der Waals surface area contributed by atoms with E-state index in [1.165, 1.54) is 7.05 Å². The van der Waals surface area contributed by atoms with E-state index in [4.69, 9.17) is 11.6 Å². The molecule has 2 heterocycles. The van der Waals surface area contributed by atoms with E-state index in [1.54, 1.807) is 11.6 Å². The fourth-order valence-corrected chi connectivity index (χ4v) is 3.21. The first kappa shape index (κ1) is 19.8. The molecule has 25 heavy (non-hydrogen) atoms. The molecule has 0 aromatic carbocycles. The van der Waals surface area contributed by atoms with Gasteiger partial charge in [-0.05, 0) is 36.2 Å². The van der Waals surface area contributed by atoms with Crippen molar-refractivity contribution < 1.29 is 18.0 Å². The van der Waals surface area contributed by atoms with Gasteiger partial charge in [-0.15, -0.1) is 0 Å². The van der Waals surface area contributed by atoms with Crippen molar-refractivity contribution >= 4 is 33.4 Å². The van der Waals surface area contributed by atoms with Gasteiger partial charge in [-0.2, -0.15) is 23.4 Å². The Bertz CT molecular complexity index is 799. The van der Waals surface area contributed by atoms with E-state index in [2.05, 4.69) is 31.4 Å². The van der Waals surface area contributed by atoms with Gasteiger partial charge >= 0.3 is 6.18 Å². The van der Waals surface area contributed by atoms with Crippen molar-refractivity contribution in [2.45, 2.75) is 33.0 Å². The van der Waals surface area contributed by atoms with Crippen LogP contribution in [0.15, 0.2) is 4.47 Å². The highest BCUT2D eigenvalue weighted by Gasteiger charge is 2.39. The summed E-state index contributed by atoms with van der Waals surface area (Å²) >= 11 is 8.87. The molecule has 0 atom stereocenters. The molecule has 0 fully saturated rings. The number of hydrogen-bond donors (Lipinski definition) is 1. The lowest BCUT2D eigenvalue weighted by Gasteiger charge is -2.07. The number of hydrogen-bond acceptors (Lipinski definition) is 3. The molecule has 0 saturated heterocycles. The van der Waals surface area contributed by atoms with Gasteiger partial charge in [0.25, 0.3) is 5.91 Å². The minimum Gasteiger partial charge on any atom is -0.351 e. The van der Waals surface area contributed by atoms with Crippen LogP contribution in [0.4, 0.5) is 13.2 Å². The maximum atomic E-state index is 12.8. The largest absolute Gasteiger partial charge is 0.436 e. The fourth-order valence-electron chi connectivity index (χ4n) is 2.33. The zero-order valence-electron chi connectivity index (χ0n) is 13.7. The summed E-state index contributed by atoms with van der Waals surface area (Å²) in [6, 6.07) is 0. The summed E-state index contributed by atoms with van der Waals surface area (Å²) in [6.45, 7) is 4.44. The van der Waals surface area contributed by atoms with Gasteiger partial charge < -0.3 is 5.32 Å². The van der Waals surface area contributed by atoms with Gasteiger partial charge in [0.05, 0.1) is 20.9 Å². The average molecular weight is 443 g/mol. The summed E-state index contributed by atoms with van der Waals surface area (Å²) < 4.78 is 40.7. The van der Waals surface area contributed by atoms with Crippen molar-refractivity contribution in [1.29, 1.82) is 0 Å². The van der Waals surface area contributed by atoms with E-state index in [0.717, 1.165) is 16.1 Å². The first-order valence-corrected chi connectivity index (χ1v) is 8.48. The van der Waals surface area contributed by atoms with Crippen molar-refractivity contribution in [1.82, 2.24) is 24.9 Å². The first-order chi connectivity index (χ1) is 11.5. The molecule has 6 nitrogen and oxygen atoms in total. The number of nitrogens with zero attached hydrogens (tertiary/aromatic N) is 4. The molecule has 2 aromatic heterocycles. The summed E-state index contributed by atoms with van der Waals surface area (Å²) in [5.41, 5.74) is 0.246. The van der Waals surface area contributed by atoms with Crippen LogP contribution >= 0.6 is 27.5 Å².